The van der Waals surface area contributed by atoms with Gasteiger partial charge < -0.3 is 5.32 Å². The van der Waals surface area contributed by atoms with Crippen molar-refractivity contribution >= 4 is 18.7 Å². The number of amides is 1. The van der Waals surface area contributed by atoms with Crippen molar-refractivity contribution in [2.45, 2.75) is 32.7 Å². The smallest absolute Gasteiger partial charge is 0.290 e. The van der Waals surface area contributed by atoms with E-state index >= 15 is 0 Å². The maximum Gasteiger partial charge on any atom is 0.290 e. The van der Waals surface area contributed by atoms with E-state index in [0.717, 1.165) is 16.9 Å². The van der Waals surface area contributed by atoms with Crippen LogP contribution in [-0.2, 0) is 0 Å². The summed E-state index contributed by atoms with van der Waals surface area (Å²) in [4.78, 5) is 15.1. The fourth-order valence-corrected chi connectivity index (χ4v) is 1.05. The van der Waals surface area contributed by atoms with Gasteiger partial charge in [-0.1, -0.05) is 13.8 Å². The number of carbonyl (C=O) groups is 1. The molecular formula is C8H14N4OS. The van der Waals surface area contributed by atoms with Gasteiger partial charge in [0.05, 0.1) is 0 Å². The molecule has 1 amide bonds. The summed E-state index contributed by atoms with van der Waals surface area (Å²) in [6.45, 7) is 4.00. The second-order valence-electron chi connectivity index (χ2n) is 2.72. The lowest BCUT2D eigenvalue weighted by Crippen LogP contribution is -2.27. The Bertz CT molecular complexity index is 308. The Kier molecular flexibility index (Phi) is 3.94. The minimum absolute atomic E-state index is 0.204. The highest BCUT2D eigenvalue weighted by atomic mass is 32.1. The number of nitrogens with one attached hydrogen (secondary N) is 1. The van der Waals surface area contributed by atoms with Crippen molar-refractivity contribution in [3.63, 3.8) is 0 Å². The Balaban J connectivity index is 0.000000461. The van der Waals surface area contributed by atoms with E-state index in [2.05, 4.69) is 28.2 Å². The second kappa shape index (κ2) is 4.99. The summed E-state index contributed by atoms with van der Waals surface area (Å²) in [5, 5.41) is 6.46. The molecule has 1 fully saturated rings. The lowest BCUT2D eigenvalue weighted by Gasteiger charge is -1.99. The van der Waals surface area contributed by atoms with E-state index in [9.17, 15) is 4.79 Å². The highest BCUT2D eigenvalue weighted by molar-refractivity contribution is 7.78. The molecule has 1 N–H and O–H groups in total. The Morgan fingerprint density at radius 1 is 1.64 bits per heavy atom. The largest absolute Gasteiger partial charge is 0.347 e. The summed E-state index contributed by atoms with van der Waals surface area (Å²) >= 11 is 3.91. The number of rotatable bonds is 2. The molecule has 0 saturated heterocycles. The zero-order valence-electron chi connectivity index (χ0n) is 8.27. The van der Waals surface area contributed by atoms with E-state index in [4.69, 9.17) is 0 Å². The molecule has 0 unspecified atom stereocenters. The Morgan fingerprint density at radius 3 is 2.71 bits per heavy atom. The van der Waals surface area contributed by atoms with Crippen molar-refractivity contribution in [2.75, 3.05) is 0 Å². The molecule has 0 spiro atoms. The molecule has 1 aliphatic rings. The van der Waals surface area contributed by atoms with E-state index in [1.165, 1.54) is 6.33 Å². The molecule has 1 aromatic rings. The molecule has 5 nitrogen and oxygen atoms in total. The molecule has 0 aliphatic heterocycles. The van der Waals surface area contributed by atoms with Gasteiger partial charge in [-0.15, -0.1) is 5.10 Å². The van der Waals surface area contributed by atoms with Crippen molar-refractivity contribution in [1.29, 1.82) is 0 Å². The average Bonchev–Trinajstić information content (AvgIpc) is 2.90. The summed E-state index contributed by atoms with van der Waals surface area (Å²) in [7, 11) is 0. The number of nitrogens with zero attached hydrogens (tertiary/aromatic N) is 3. The van der Waals surface area contributed by atoms with Crippen LogP contribution in [-0.4, -0.2) is 26.1 Å². The van der Waals surface area contributed by atoms with Gasteiger partial charge in [0, 0.05) is 6.04 Å². The lowest BCUT2D eigenvalue weighted by atomic mass is 10.5. The third-order valence-electron chi connectivity index (χ3n) is 1.65. The van der Waals surface area contributed by atoms with Gasteiger partial charge in [-0.2, -0.15) is 4.09 Å². The van der Waals surface area contributed by atoms with Crippen molar-refractivity contribution < 1.29 is 4.79 Å². The molecule has 78 valence electrons. The molecule has 1 heterocycles. The molecule has 6 heteroatoms. The van der Waals surface area contributed by atoms with Crippen LogP contribution in [0.4, 0.5) is 0 Å². The van der Waals surface area contributed by atoms with Crippen LogP contribution in [0.15, 0.2) is 6.33 Å². The molecule has 14 heavy (non-hydrogen) atoms. The predicted molar refractivity (Wildman–Crippen MR) is 56.2 cm³/mol. The lowest BCUT2D eigenvalue weighted by molar-refractivity contribution is 0.0940. The summed E-state index contributed by atoms with van der Waals surface area (Å²) < 4.78 is 1.16. The SMILES string of the molecule is CC.O=C(NC1CC1)c1ncnn1S. The van der Waals surface area contributed by atoms with Crippen LogP contribution in [0, 0.1) is 0 Å². The first-order valence-corrected chi connectivity index (χ1v) is 5.07. The first-order valence-electron chi connectivity index (χ1n) is 4.67. The van der Waals surface area contributed by atoms with Gasteiger partial charge in [0.2, 0.25) is 5.82 Å². The number of hydrogen-bond acceptors (Lipinski definition) is 4. The normalized spacial score (nSPS) is 14.2. The molecular weight excluding hydrogens is 200 g/mol. The molecule has 0 aromatic carbocycles. The topological polar surface area (TPSA) is 59.8 Å². The zero-order chi connectivity index (χ0) is 10.6. The molecule has 2 rings (SSSR count). The Morgan fingerprint density at radius 2 is 2.29 bits per heavy atom. The van der Waals surface area contributed by atoms with Crippen LogP contribution in [0.5, 0.6) is 0 Å². The van der Waals surface area contributed by atoms with Gasteiger partial charge in [-0.25, -0.2) is 4.98 Å². The van der Waals surface area contributed by atoms with Crippen LogP contribution in [0.2, 0.25) is 0 Å². The van der Waals surface area contributed by atoms with Crippen LogP contribution < -0.4 is 5.32 Å². The quantitative estimate of drug-likeness (QED) is 0.719. The molecule has 0 radical (unpaired) electrons. The van der Waals surface area contributed by atoms with Gasteiger partial charge in [0.1, 0.15) is 6.33 Å². The van der Waals surface area contributed by atoms with E-state index in [1.807, 2.05) is 13.8 Å². The van der Waals surface area contributed by atoms with E-state index in [0.29, 0.717) is 6.04 Å². The molecule has 1 aromatic heterocycles. The summed E-state index contributed by atoms with van der Waals surface area (Å²) in [6, 6.07) is 0.336. The fourth-order valence-electron chi connectivity index (χ4n) is 0.863. The van der Waals surface area contributed by atoms with Crippen molar-refractivity contribution in [2.24, 2.45) is 0 Å². The molecule has 0 bridgehead atoms. The highest BCUT2D eigenvalue weighted by Crippen LogP contribution is 2.18. The van der Waals surface area contributed by atoms with Crippen LogP contribution >= 0.6 is 12.8 Å². The van der Waals surface area contributed by atoms with Gasteiger partial charge in [0.15, 0.2) is 0 Å². The van der Waals surface area contributed by atoms with Crippen LogP contribution in [0.25, 0.3) is 0 Å². The van der Waals surface area contributed by atoms with Gasteiger partial charge in [0.25, 0.3) is 5.91 Å². The molecule has 1 aliphatic carbocycles. The second-order valence-corrected chi connectivity index (χ2v) is 3.10. The maximum absolute atomic E-state index is 11.3. The van der Waals surface area contributed by atoms with Gasteiger partial charge in [-0.3, -0.25) is 4.79 Å². The zero-order valence-corrected chi connectivity index (χ0v) is 9.16. The van der Waals surface area contributed by atoms with Gasteiger partial charge in [-0.05, 0) is 25.7 Å². The first-order chi connectivity index (χ1) is 6.77. The predicted octanol–water partition coefficient (Wildman–Crippen LogP) is 0.889. The number of thiol groups is 1. The van der Waals surface area contributed by atoms with Crippen molar-refractivity contribution in [1.82, 2.24) is 19.5 Å². The number of aromatic nitrogens is 3. The van der Waals surface area contributed by atoms with Crippen LogP contribution in [0.3, 0.4) is 0 Å². The fraction of sp³-hybridized carbons (Fsp3) is 0.625. The van der Waals surface area contributed by atoms with E-state index in [-0.39, 0.29) is 11.7 Å². The highest BCUT2D eigenvalue weighted by Gasteiger charge is 2.25. The van der Waals surface area contributed by atoms with Crippen molar-refractivity contribution in [3.05, 3.63) is 12.2 Å². The summed E-state index contributed by atoms with van der Waals surface area (Å²) in [5.74, 6) is 0.0373. The average molecular weight is 214 g/mol. The molecule has 0 atom stereocenters. The minimum Gasteiger partial charge on any atom is -0.347 e. The third-order valence-corrected chi connectivity index (χ3v) is 1.94. The van der Waals surface area contributed by atoms with E-state index < -0.39 is 0 Å². The third kappa shape index (κ3) is 2.73. The number of carbonyl (C=O) groups excluding carboxylic acids is 1. The standard InChI is InChI=1S/C6H8N4OS.C2H6/c11-6(9-4-1-2-4)5-7-3-8-10(5)12;1-2/h3-4,12H,1-2H2,(H,9,11);1-2H3. The molecule has 1 saturated carbocycles. The van der Waals surface area contributed by atoms with Crippen molar-refractivity contribution in [3.8, 4) is 0 Å². The van der Waals surface area contributed by atoms with E-state index in [1.54, 1.807) is 0 Å². The van der Waals surface area contributed by atoms with Crippen LogP contribution in [0.1, 0.15) is 37.3 Å². The Hall–Kier alpha value is -1.04. The first kappa shape index (κ1) is 11.0. The van der Waals surface area contributed by atoms with Gasteiger partial charge >= 0.3 is 0 Å². The minimum atomic E-state index is -0.204. The monoisotopic (exact) mass is 214 g/mol. The summed E-state index contributed by atoms with van der Waals surface area (Å²) in [6.07, 6.45) is 3.42. The Labute approximate surface area is 88.4 Å². The maximum atomic E-state index is 11.3. The summed E-state index contributed by atoms with van der Waals surface area (Å²) in [5.41, 5.74) is 0. The number of hydrogen-bond donors (Lipinski definition) is 2.